The molecule has 0 amide bonds. The van der Waals surface area contributed by atoms with Gasteiger partial charge in [0, 0.05) is 0 Å². The molecule has 0 saturated carbocycles. The van der Waals surface area contributed by atoms with E-state index in [1.807, 2.05) is 6.08 Å². The van der Waals surface area contributed by atoms with Gasteiger partial charge in [-0.15, -0.1) is 5.73 Å². The van der Waals surface area contributed by atoms with Gasteiger partial charge in [-0.1, -0.05) is 51.9 Å². The molecule has 0 aliphatic heterocycles. The summed E-state index contributed by atoms with van der Waals surface area (Å²) in [6.07, 6.45) is 14.4. The molecule has 0 heterocycles. The predicted molar refractivity (Wildman–Crippen MR) is 83.4 cm³/mol. The topological polar surface area (TPSA) is 54.4 Å². The summed E-state index contributed by atoms with van der Waals surface area (Å²) >= 11 is 0. The van der Waals surface area contributed by atoms with Gasteiger partial charge < -0.3 is 0 Å². The van der Waals surface area contributed by atoms with Gasteiger partial charge in [-0.3, -0.25) is 4.55 Å². The maximum absolute atomic E-state index is 10.4. The first kappa shape index (κ1) is 21.7. The minimum atomic E-state index is -3.87. The number of hydrogen-bond donors (Lipinski definition) is 1. The van der Waals surface area contributed by atoms with Crippen molar-refractivity contribution in [2.45, 2.75) is 64.7 Å². The van der Waals surface area contributed by atoms with Crippen LogP contribution in [0.1, 0.15) is 64.7 Å². The van der Waals surface area contributed by atoms with Gasteiger partial charge in [0.05, 0.1) is 0 Å². The molecule has 0 aromatic heterocycles. The maximum atomic E-state index is 10.4. The van der Waals surface area contributed by atoms with Crippen LogP contribution in [0.25, 0.3) is 0 Å². The van der Waals surface area contributed by atoms with E-state index in [4.69, 9.17) is 4.55 Å². The third-order valence-electron chi connectivity index (χ3n) is 2.73. The molecular formula is C14H27NaO3S. The van der Waals surface area contributed by atoms with Gasteiger partial charge in [0.15, 0.2) is 0 Å². The summed E-state index contributed by atoms with van der Waals surface area (Å²) in [6, 6.07) is 0. The van der Waals surface area contributed by atoms with Crippen molar-refractivity contribution in [3.05, 3.63) is 17.9 Å². The van der Waals surface area contributed by atoms with Crippen molar-refractivity contribution in [2.75, 3.05) is 5.75 Å². The summed E-state index contributed by atoms with van der Waals surface area (Å²) in [5, 5.41) is 0. The summed E-state index contributed by atoms with van der Waals surface area (Å²) in [6.45, 7) is 2.22. The molecule has 0 bridgehead atoms. The molecule has 0 aromatic carbocycles. The van der Waals surface area contributed by atoms with Crippen LogP contribution in [0.5, 0.6) is 0 Å². The van der Waals surface area contributed by atoms with E-state index in [1.54, 1.807) is 0 Å². The van der Waals surface area contributed by atoms with Crippen LogP contribution in [0.15, 0.2) is 17.9 Å². The van der Waals surface area contributed by atoms with E-state index in [-0.39, 0.29) is 35.3 Å². The Labute approximate surface area is 140 Å². The third-order valence-corrected chi connectivity index (χ3v) is 3.32. The van der Waals surface area contributed by atoms with Crippen LogP contribution in [0.2, 0.25) is 0 Å². The number of hydrogen-bond acceptors (Lipinski definition) is 2. The standard InChI is InChI=1S/C14H26O3S.Na.H/c1-2-3-4-5-6-7-8-9-10-11-12-13-14-18(15,16)17;;/h11,13H,2-10,14H2,1H3,(H,15,16,17);;. The zero-order chi connectivity index (χ0) is 13.7. The Morgan fingerprint density at radius 1 is 0.947 bits per heavy atom. The van der Waals surface area contributed by atoms with Crippen LogP contribution in [0.3, 0.4) is 0 Å². The van der Waals surface area contributed by atoms with Crippen LogP contribution in [0.4, 0.5) is 0 Å². The van der Waals surface area contributed by atoms with Crippen LogP contribution in [0, 0.1) is 0 Å². The number of rotatable bonds is 11. The summed E-state index contributed by atoms with van der Waals surface area (Å²) < 4.78 is 29.2. The second-order valence-corrected chi connectivity index (χ2v) is 6.08. The Balaban J connectivity index is 0. The zero-order valence-electron chi connectivity index (χ0n) is 11.4. The van der Waals surface area contributed by atoms with Gasteiger partial charge in [-0.05, 0) is 25.0 Å². The van der Waals surface area contributed by atoms with Gasteiger partial charge in [0.1, 0.15) is 5.75 Å². The number of unbranched alkanes of at least 4 members (excludes halogenated alkanes) is 8. The second kappa shape index (κ2) is 14.8. The molecule has 0 saturated heterocycles. The van der Waals surface area contributed by atoms with Gasteiger partial charge >= 0.3 is 29.6 Å². The fourth-order valence-electron chi connectivity index (χ4n) is 1.70. The molecule has 5 heteroatoms. The van der Waals surface area contributed by atoms with Crippen LogP contribution < -0.4 is 0 Å². The Kier molecular flexibility index (Phi) is 17.0. The van der Waals surface area contributed by atoms with E-state index >= 15 is 0 Å². The fraction of sp³-hybridized carbons (Fsp3) is 0.786. The van der Waals surface area contributed by atoms with E-state index in [2.05, 4.69) is 12.7 Å². The van der Waals surface area contributed by atoms with Gasteiger partial charge in [0.2, 0.25) is 0 Å². The van der Waals surface area contributed by atoms with E-state index in [0.717, 1.165) is 12.8 Å². The summed E-state index contributed by atoms with van der Waals surface area (Å²) in [5.74, 6) is -0.346. The molecule has 1 N–H and O–H groups in total. The summed E-state index contributed by atoms with van der Waals surface area (Å²) in [4.78, 5) is 0. The molecular weight excluding hydrogens is 271 g/mol. The molecule has 0 spiro atoms. The van der Waals surface area contributed by atoms with Crippen molar-refractivity contribution < 1.29 is 13.0 Å². The summed E-state index contributed by atoms with van der Waals surface area (Å²) in [5.41, 5.74) is 2.77. The van der Waals surface area contributed by atoms with Crippen molar-refractivity contribution in [2.24, 2.45) is 0 Å². The van der Waals surface area contributed by atoms with Crippen molar-refractivity contribution >= 4 is 39.7 Å². The van der Waals surface area contributed by atoms with Gasteiger partial charge in [0.25, 0.3) is 10.1 Å². The molecule has 108 valence electrons. The minimum absolute atomic E-state index is 0. The SMILES string of the molecule is CCCCCCCCCCC=C=CCS(=O)(=O)O.[NaH]. The van der Waals surface area contributed by atoms with Crippen LogP contribution in [-0.4, -0.2) is 48.3 Å². The Morgan fingerprint density at radius 3 is 2.00 bits per heavy atom. The quantitative estimate of drug-likeness (QED) is 0.275. The summed E-state index contributed by atoms with van der Waals surface area (Å²) in [7, 11) is -3.87. The zero-order valence-corrected chi connectivity index (χ0v) is 12.2. The second-order valence-electron chi connectivity index (χ2n) is 4.59. The molecule has 0 atom stereocenters. The van der Waals surface area contributed by atoms with Crippen molar-refractivity contribution in [3.8, 4) is 0 Å². The Morgan fingerprint density at radius 2 is 1.47 bits per heavy atom. The molecule has 0 aliphatic rings. The first-order chi connectivity index (χ1) is 8.56. The fourth-order valence-corrected chi connectivity index (χ4v) is 2.01. The first-order valence-electron chi connectivity index (χ1n) is 6.91. The van der Waals surface area contributed by atoms with E-state index in [1.165, 1.54) is 51.0 Å². The molecule has 0 aliphatic carbocycles. The van der Waals surface area contributed by atoms with Crippen LogP contribution in [-0.2, 0) is 10.1 Å². The molecule has 3 nitrogen and oxygen atoms in total. The third kappa shape index (κ3) is 20.9. The van der Waals surface area contributed by atoms with Gasteiger partial charge in [-0.25, -0.2) is 0 Å². The van der Waals surface area contributed by atoms with Crippen molar-refractivity contribution in [3.63, 3.8) is 0 Å². The molecule has 19 heavy (non-hydrogen) atoms. The normalized spacial score (nSPS) is 10.4. The average molecular weight is 298 g/mol. The molecule has 0 unspecified atom stereocenters. The predicted octanol–water partition coefficient (Wildman–Crippen LogP) is 3.47. The Hall–Kier alpha value is 0.430. The van der Waals surface area contributed by atoms with Crippen molar-refractivity contribution in [1.29, 1.82) is 0 Å². The van der Waals surface area contributed by atoms with E-state index in [9.17, 15) is 8.42 Å². The van der Waals surface area contributed by atoms with Crippen LogP contribution >= 0.6 is 0 Å². The monoisotopic (exact) mass is 298 g/mol. The average Bonchev–Trinajstić information content (AvgIpc) is 2.29. The molecule has 0 radical (unpaired) electrons. The molecule has 0 fully saturated rings. The molecule has 0 rings (SSSR count). The first-order valence-corrected chi connectivity index (χ1v) is 8.51. The Bertz CT molecular complexity index is 344. The van der Waals surface area contributed by atoms with Gasteiger partial charge in [-0.2, -0.15) is 8.42 Å². The van der Waals surface area contributed by atoms with Crippen molar-refractivity contribution in [1.82, 2.24) is 0 Å². The van der Waals surface area contributed by atoms with E-state index in [0.29, 0.717) is 0 Å². The van der Waals surface area contributed by atoms with E-state index < -0.39 is 10.1 Å². The molecule has 0 aromatic rings.